The monoisotopic (exact) mass is 396 g/mol. The van der Waals surface area contributed by atoms with Gasteiger partial charge in [-0.1, -0.05) is 17.3 Å². The first-order valence-electron chi connectivity index (χ1n) is 8.79. The van der Waals surface area contributed by atoms with Gasteiger partial charge in [0.15, 0.2) is 0 Å². The summed E-state index contributed by atoms with van der Waals surface area (Å²) < 4.78 is 48.1. The summed E-state index contributed by atoms with van der Waals surface area (Å²) in [7, 11) is 1.30. The Balaban J connectivity index is 1.71. The maximum atomic E-state index is 12.7. The normalized spacial score (nSPS) is 13.9. The zero-order chi connectivity index (χ0) is 20.3. The zero-order valence-corrected chi connectivity index (χ0v) is 15.2. The minimum atomic E-state index is -4.41. The molecule has 28 heavy (non-hydrogen) atoms. The molecule has 0 bridgehead atoms. The van der Waals surface area contributed by atoms with E-state index in [4.69, 9.17) is 4.52 Å². The average Bonchev–Trinajstić information content (AvgIpc) is 3.10. The minimum absolute atomic E-state index is 0.103. The molecule has 0 N–H and O–H groups in total. The maximum Gasteiger partial charge on any atom is 0.416 e. The first-order chi connectivity index (χ1) is 13.3. The van der Waals surface area contributed by atoms with E-state index in [9.17, 15) is 22.8 Å². The number of fused-ring (bicyclic) bond motifs is 1. The lowest BCUT2D eigenvalue weighted by molar-refractivity contribution is -0.141. The van der Waals surface area contributed by atoms with Crippen LogP contribution in [0.25, 0.3) is 11.3 Å². The highest BCUT2D eigenvalue weighted by Crippen LogP contribution is 2.33. The molecule has 1 aliphatic heterocycles. The van der Waals surface area contributed by atoms with Gasteiger partial charge in [-0.15, -0.1) is 0 Å². The Morgan fingerprint density at radius 2 is 1.93 bits per heavy atom. The van der Waals surface area contributed by atoms with Gasteiger partial charge in [0, 0.05) is 36.9 Å². The van der Waals surface area contributed by atoms with E-state index in [-0.39, 0.29) is 31.3 Å². The van der Waals surface area contributed by atoms with Crippen LogP contribution >= 0.6 is 0 Å². The summed E-state index contributed by atoms with van der Waals surface area (Å²) in [6.45, 7) is 0.734. The molecule has 0 aliphatic carbocycles. The summed E-state index contributed by atoms with van der Waals surface area (Å²) in [6.07, 6.45) is -3.15. The van der Waals surface area contributed by atoms with Crippen LogP contribution in [0.2, 0.25) is 0 Å². The molecule has 2 aromatic rings. The highest BCUT2D eigenvalue weighted by atomic mass is 19.4. The highest BCUT2D eigenvalue weighted by Gasteiger charge is 2.31. The largest absolute Gasteiger partial charge is 0.469 e. The number of amides is 1. The fourth-order valence-corrected chi connectivity index (χ4v) is 3.11. The first kappa shape index (κ1) is 19.9. The van der Waals surface area contributed by atoms with Crippen LogP contribution in [0.4, 0.5) is 13.2 Å². The molecule has 9 heteroatoms. The average molecular weight is 396 g/mol. The summed E-state index contributed by atoms with van der Waals surface area (Å²) in [5.41, 5.74) is 0.900. The maximum absolute atomic E-state index is 12.7. The Kier molecular flexibility index (Phi) is 5.71. The molecule has 0 saturated carbocycles. The minimum Gasteiger partial charge on any atom is -0.469 e. The number of nitrogens with zero attached hydrogens (tertiary/aromatic N) is 2. The quantitative estimate of drug-likeness (QED) is 0.723. The molecule has 0 unspecified atom stereocenters. The third kappa shape index (κ3) is 4.35. The number of rotatable bonds is 5. The summed E-state index contributed by atoms with van der Waals surface area (Å²) >= 11 is 0. The van der Waals surface area contributed by atoms with E-state index in [0.29, 0.717) is 42.0 Å². The standard InChI is InChI=1S/C19H19F3N2O4/c1-27-17(26)4-2-3-16(25)24-10-9-15-14(11-24)18(23-28-15)12-5-7-13(8-6-12)19(20,21)22/h5-8H,2-4,9-11H2,1H3. The lowest BCUT2D eigenvalue weighted by Crippen LogP contribution is -2.35. The van der Waals surface area contributed by atoms with Crippen molar-refractivity contribution < 1.29 is 32.0 Å². The van der Waals surface area contributed by atoms with Crippen LogP contribution in [-0.4, -0.2) is 35.6 Å². The summed E-state index contributed by atoms with van der Waals surface area (Å²) in [4.78, 5) is 25.2. The fourth-order valence-electron chi connectivity index (χ4n) is 3.11. The topological polar surface area (TPSA) is 72.6 Å². The van der Waals surface area contributed by atoms with Crippen molar-refractivity contribution in [3.8, 4) is 11.3 Å². The lowest BCUT2D eigenvalue weighted by atomic mass is 10.00. The van der Waals surface area contributed by atoms with Crippen LogP contribution in [0.3, 0.4) is 0 Å². The molecule has 0 fully saturated rings. The predicted molar refractivity (Wildman–Crippen MR) is 91.9 cm³/mol. The second-order valence-electron chi connectivity index (χ2n) is 6.50. The van der Waals surface area contributed by atoms with Crippen LogP contribution < -0.4 is 0 Å². The molecule has 1 aromatic carbocycles. The second-order valence-corrected chi connectivity index (χ2v) is 6.50. The van der Waals surface area contributed by atoms with Crippen molar-refractivity contribution in [2.24, 2.45) is 0 Å². The van der Waals surface area contributed by atoms with Crippen molar-refractivity contribution in [1.29, 1.82) is 0 Å². The number of benzene rings is 1. The van der Waals surface area contributed by atoms with Gasteiger partial charge in [0.05, 0.1) is 19.2 Å². The van der Waals surface area contributed by atoms with Crippen molar-refractivity contribution in [3.05, 3.63) is 41.2 Å². The number of carbonyl (C=O) groups excluding carboxylic acids is 2. The zero-order valence-electron chi connectivity index (χ0n) is 15.2. The number of carbonyl (C=O) groups is 2. The Bertz CT molecular complexity index is 859. The van der Waals surface area contributed by atoms with Crippen molar-refractivity contribution in [1.82, 2.24) is 10.1 Å². The van der Waals surface area contributed by atoms with E-state index in [1.54, 1.807) is 4.90 Å². The summed E-state index contributed by atoms with van der Waals surface area (Å²) in [5, 5.41) is 3.99. The number of ether oxygens (including phenoxy) is 1. The van der Waals surface area contributed by atoms with Crippen molar-refractivity contribution in [3.63, 3.8) is 0 Å². The van der Waals surface area contributed by atoms with E-state index < -0.39 is 11.7 Å². The predicted octanol–water partition coefficient (Wildman–Crippen LogP) is 3.59. The van der Waals surface area contributed by atoms with Gasteiger partial charge in [-0.2, -0.15) is 13.2 Å². The van der Waals surface area contributed by atoms with Gasteiger partial charge in [-0.05, 0) is 18.6 Å². The van der Waals surface area contributed by atoms with Crippen LogP contribution in [-0.2, 0) is 33.5 Å². The van der Waals surface area contributed by atoms with E-state index in [0.717, 1.165) is 12.1 Å². The van der Waals surface area contributed by atoms with Gasteiger partial charge >= 0.3 is 12.1 Å². The second kappa shape index (κ2) is 8.04. The molecule has 1 aromatic heterocycles. The molecular formula is C19H19F3N2O4. The van der Waals surface area contributed by atoms with Gasteiger partial charge in [0.1, 0.15) is 11.5 Å². The molecular weight excluding hydrogens is 377 g/mol. The number of hydrogen-bond acceptors (Lipinski definition) is 5. The van der Waals surface area contributed by atoms with Crippen molar-refractivity contribution >= 4 is 11.9 Å². The van der Waals surface area contributed by atoms with Gasteiger partial charge in [0.2, 0.25) is 5.91 Å². The van der Waals surface area contributed by atoms with Crippen LogP contribution in [0.15, 0.2) is 28.8 Å². The van der Waals surface area contributed by atoms with Gasteiger partial charge in [-0.25, -0.2) is 0 Å². The number of halogens is 3. The Morgan fingerprint density at radius 1 is 1.21 bits per heavy atom. The number of alkyl halides is 3. The molecule has 0 radical (unpaired) electrons. The molecule has 0 saturated heterocycles. The lowest BCUT2D eigenvalue weighted by Gasteiger charge is -2.26. The highest BCUT2D eigenvalue weighted by molar-refractivity contribution is 5.78. The Hall–Kier alpha value is -2.84. The molecule has 6 nitrogen and oxygen atoms in total. The van der Waals surface area contributed by atoms with E-state index >= 15 is 0 Å². The van der Waals surface area contributed by atoms with Crippen LogP contribution in [0.5, 0.6) is 0 Å². The SMILES string of the molecule is COC(=O)CCCC(=O)N1CCc2onc(-c3ccc(C(F)(F)F)cc3)c2C1. The Morgan fingerprint density at radius 3 is 2.57 bits per heavy atom. The van der Waals surface area contributed by atoms with Gasteiger partial charge < -0.3 is 14.2 Å². The first-order valence-corrected chi connectivity index (χ1v) is 8.79. The van der Waals surface area contributed by atoms with Crippen LogP contribution in [0.1, 0.15) is 36.1 Å². The summed E-state index contributed by atoms with van der Waals surface area (Å²) in [5.74, 6) is 0.167. The number of aromatic nitrogens is 1. The van der Waals surface area contributed by atoms with Gasteiger partial charge in [-0.3, -0.25) is 9.59 Å². The van der Waals surface area contributed by atoms with Crippen LogP contribution in [0, 0.1) is 0 Å². The van der Waals surface area contributed by atoms with Crippen molar-refractivity contribution in [2.75, 3.05) is 13.7 Å². The summed E-state index contributed by atoms with van der Waals surface area (Å²) in [6, 6.07) is 4.68. The number of methoxy groups -OCH3 is 1. The van der Waals surface area contributed by atoms with Gasteiger partial charge in [0.25, 0.3) is 0 Å². The third-order valence-electron chi connectivity index (χ3n) is 4.66. The molecule has 150 valence electrons. The molecule has 0 spiro atoms. The molecule has 1 aliphatic rings. The smallest absolute Gasteiger partial charge is 0.416 e. The third-order valence-corrected chi connectivity index (χ3v) is 4.66. The molecule has 0 atom stereocenters. The number of hydrogen-bond donors (Lipinski definition) is 0. The van der Waals surface area contributed by atoms with Crippen molar-refractivity contribution in [2.45, 2.75) is 38.4 Å². The van der Waals surface area contributed by atoms with E-state index in [1.807, 2.05) is 0 Å². The molecule has 2 heterocycles. The molecule has 3 rings (SSSR count). The van der Waals surface area contributed by atoms with E-state index in [1.165, 1.54) is 19.2 Å². The Labute approximate surface area is 159 Å². The van der Waals surface area contributed by atoms with E-state index in [2.05, 4.69) is 9.89 Å². The number of esters is 1. The molecule has 1 amide bonds. The fraction of sp³-hybridized carbons (Fsp3) is 0.421.